The maximum absolute atomic E-state index is 6.20. The number of benzene rings is 1. The molecule has 1 aliphatic heterocycles. The second-order valence-electron chi connectivity index (χ2n) is 4.50. The maximum Gasteiger partial charge on any atom is 0.133 e. The van der Waals surface area contributed by atoms with Crippen LogP contribution in [0, 0.1) is 0 Å². The molecule has 0 amide bonds. The molecule has 1 atom stereocenters. The topological polar surface area (TPSA) is 28.2 Å². The number of pyridine rings is 1. The molecule has 2 aromatic rings. The van der Waals surface area contributed by atoms with Gasteiger partial charge >= 0.3 is 0 Å². The number of fused-ring (bicyclic) bond motifs is 1. The number of anilines is 1. The van der Waals surface area contributed by atoms with E-state index >= 15 is 0 Å². The van der Waals surface area contributed by atoms with Crippen LogP contribution in [0.15, 0.2) is 47.6 Å². The molecule has 0 saturated carbocycles. The number of halogens is 1. The molecule has 1 aromatic heterocycles. The summed E-state index contributed by atoms with van der Waals surface area (Å²) in [7, 11) is 2.09. The highest BCUT2D eigenvalue weighted by atomic mass is 35.5. The predicted octanol–water partition coefficient (Wildman–Crippen LogP) is 3.67. The molecule has 19 heavy (non-hydrogen) atoms. The third-order valence-corrected chi connectivity index (χ3v) is 4.65. The highest BCUT2D eigenvalue weighted by molar-refractivity contribution is 8.00. The summed E-state index contributed by atoms with van der Waals surface area (Å²) in [5, 5.41) is 4.24. The lowest BCUT2D eigenvalue weighted by molar-refractivity contribution is 0.327. The fourth-order valence-electron chi connectivity index (χ4n) is 2.08. The van der Waals surface area contributed by atoms with Crippen LogP contribution in [-0.2, 0) is 6.54 Å². The zero-order chi connectivity index (χ0) is 13.2. The van der Waals surface area contributed by atoms with Crippen molar-refractivity contribution >= 4 is 29.1 Å². The minimum atomic E-state index is 0.204. The number of nitrogens with zero attached hydrogens (tertiary/aromatic N) is 2. The van der Waals surface area contributed by atoms with Gasteiger partial charge in [0.25, 0.3) is 0 Å². The number of thioether (sulfide) groups is 1. The normalized spacial score (nSPS) is 17.3. The fraction of sp³-hybridized carbons (Fsp3) is 0.214. The van der Waals surface area contributed by atoms with Crippen LogP contribution in [0.4, 0.5) is 5.69 Å². The number of aromatic nitrogens is 1. The lowest BCUT2D eigenvalue weighted by Crippen LogP contribution is -2.32. The van der Waals surface area contributed by atoms with Gasteiger partial charge in [0.1, 0.15) is 5.50 Å². The number of hydrogen-bond donors (Lipinski definition) is 1. The Balaban J connectivity index is 1.71. The number of hydrogen-bond acceptors (Lipinski definition) is 4. The summed E-state index contributed by atoms with van der Waals surface area (Å²) in [5.41, 5.74) is 2.45. The Labute approximate surface area is 122 Å². The number of rotatable bonds is 3. The molecule has 0 saturated heterocycles. The van der Waals surface area contributed by atoms with E-state index in [0.29, 0.717) is 0 Å². The Morgan fingerprint density at radius 3 is 3.00 bits per heavy atom. The molecular weight excluding hydrogens is 278 g/mol. The molecule has 1 aliphatic rings. The first-order valence-corrected chi connectivity index (χ1v) is 7.30. The Morgan fingerprint density at radius 1 is 1.37 bits per heavy atom. The van der Waals surface area contributed by atoms with Crippen LogP contribution >= 0.6 is 23.4 Å². The summed E-state index contributed by atoms with van der Waals surface area (Å²) in [5.74, 6) is 0. The van der Waals surface area contributed by atoms with E-state index in [0.717, 1.165) is 17.3 Å². The molecule has 0 spiro atoms. The number of para-hydroxylation sites is 1. The zero-order valence-electron chi connectivity index (χ0n) is 10.5. The monoisotopic (exact) mass is 291 g/mol. The summed E-state index contributed by atoms with van der Waals surface area (Å²) in [4.78, 5) is 7.60. The van der Waals surface area contributed by atoms with E-state index in [-0.39, 0.29) is 5.50 Å². The smallest absolute Gasteiger partial charge is 0.133 e. The lowest BCUT2D eigenvalue weighted by atomic mass is 10.3. The average molecular weight is 292 g/mol. The Kier molecular flexibility index (Phi) is 3.64. The molecule has 0 aliphatic carbocycles. The zero-order valence-corrected chi connectivity index (χ0v) is 12.1. The van der Waals surface area contributed by atoms with Gasteiger partial charge in [-0.1, -0.05) is 35.5 Å². The fourth-order valence-corrected chi connectivity index (χ4v) is 3.48. The molecule has 0 fully saturated rings. The van der Waals surface area contributed by atoms with Crippen LogP contribution in [0.25, 0.3) is 0 Å². The van der Waals surface area contributed by atoms with Gasteiger partial charge in [0.15, 0.2) is 0 Å². The van der Waals surface area contributed by atoms with Crippen molar-refractivity contribution < 1.29 is 0 Å². The first-order valence-electron chi connectivity index (χ1n) is 6.05. The average Bonchev–Trinajstić information content (AvgIpc) is 2.85. The summed E-state index contributed by atoms with van der Waals surface area (Å²) < 4.78 is 0. The molecule has 98 valence electrons. The van der Waals surface area contributed by atoms with E-state index < -0.39 is 0 Å². The van der Waals surface area contributed by atoms with Gasteiger partial charge in [-0.05, 0) is 30.8 Å². The Hall–Kier alpha value is -1.23. The van der Waals surface area contributed by atoms with Gasteiger partial charge in [-0.25, -0.2) is 0 Å². The molecule has 1 unspecified atom stereocenters. The van der Waals surface area contributed by atoms with Crippen LogP contribution in [0.1, 0.15) is 5.56 Å². The third kappa shape index (κ3) is 2.71. The van der Waals surface area contributed by atoms with Gasteiger partial charge in [-0.2, -0.15) is 0 Å². The molecule has 1 N–H and O–H groups in total. The summed E-state index contributed by atoms with van der Waals surface area (Å²) >= 11 is 7.98. The molecule has 1 aromatic carbocycles. The lowest BCUT2D eigenvalue weighted by Gasteiger charge is -2.23. The van der Waals surface area contributed by atoms with Crippen LogP contribution in [0.2, 0.25) is 5.02 Å². The molecule has 0 radical (unpaired) electrons. The van der Waals surface area contributed by atoms with E-state index in [9.17, 15) is 0 Å². The van der Waals surface area contributed by atoms with Crippen LogP contribution in [0.3, 0.4) is 0 Å². The quantitative estimate of drug-likeness (QED) is 0.934. The highest BCUT2D eigenvalue weighted by Gasteiger charge is 2.26. The van der Waals surface area contributed by atoms with E-state index in [1.54, 1.807) is 18.0 Å². The molecule has 5 heteroatoms. The summed E-state index contributed by atoms with van der Waals surface area (Å²) in [6.45, 7) is 0.851. The standard InChI is InChI=1S/C14H14ClN3S/c1-18(9-10-4-3-7-16-8-10)14-17-13-11(15)5-2-6-12(13)19-14/h2-8,14,17H,9H2,1H3. The molecular formula is C14H14ClN3S. The van der Waals surface area contributed by atoms with Crippen molar-refractivity contribution in [3.63, 3.8) is 0 Å². The highest BCUT2D eigenvalue weighted by Crippen LogP contribution is 2.43. The minimum absolute atomic E-state index is 0.204. The van der Waals surface area contributed by atoms with Crippen molar-refractivity contribution in [3.05, 3.63) is 53.3 Å². The van der Waals surface area contributed by atoms with Gasteiger partial charge in [-0.3, -0.25) is 9.88 Å². The van der Waals surface area contributed by atoms with E-state index in [4.69, 9.17) is 11.6 Å². The number of nitrogens with one attached hydrogen (secondary N) is 1. The summed E-state index contributed by atoms with van der Waals surface area (Å²) in [6.07, 6.45) is 3.69. The molecule has 3 nitrogen and oxygen atoms in total. The van der Waals surface area contributed by atoms with E-state index in [1.807, 2.05) is 24.4 Å². The van der Waals surface area contributed by atoms with Crippen molar-refractivity contribution in [2.45, 2.75) is 16.9 Å². The van der Waals surface area contributed by atoms with Crippen LogP contribution in [-0.4, -0.2) is 22.4 Å². The van der Waals surface area contributed by atoms with Gasteiger partial charge in [0, 0.05) is 23.8 Å². The minimum Gasteiger partial charge on any atom is -0.359 e. The Morgan fingerprint density at radius 2 is 2.26 bits per heavy atom. The van der Waals surface area contributed by atoms with Crippen LogP contribution in [0.5, 0.6) is 0 Å². The van der Waals surface area contributed by atoms with Crippen molar-refractivity contribution in [1.29, 1.82) is 0 Å². The van der Waals surface area contributed by atoms with E-state index in [2.05, 4.69) is 34.4 Å². The second-order valence-corrected chi connectivity index (χ2v) is 6.03. The summed E-state index contributed by atoms with van der Waals surface area (Å²) in [6, 6.07) is 10.0. The van der Waals surface area contributed by atoms with Gasteiger partial charge in [-0.15, -0.1) is 0 Å². The largest absolute Gasteiger partial charge is 0.359 e. The first-order chi connectivity index (χ1) is 9.24. The van der Waals surface area contributed by atoms with Gasteiger partial charge < -0.3 is 5.32 Å². The third-order valence-electron chi connectivity index (χ3n) is 3.04. The van der Waals surface area contributed by atoms with Gasteiger partial charge in [0.05, 0.1) is 10.7 Å². The van der Waals surface area contributed by atoms with Crippen molar-refractivity contribution in [3.8, 4) is 0 Å². The SMILES string of the molecule is CN(Cc1cccnc1)C1Nc2c(Cl)cccc2S1. The van der Waals surface area contributed by atoms with Crippen molar-refractivity contribution in [1.82, 2.24) is 9.88 Å². The predicted molar refractivity (Wildman–Crippen MR) is 80.4 cm³/mol. The van der Waals surface area contributed by atoms with Gasteiger partial charge in [0.2, 0.25) is 0 Å². The Bertz CT molecular complexity index is 576. The van der Waals surface area contributed by atoms with Crippen molar-refractivity contribution in [2.75, 3.05) is 12.4 Å². The van der Waals surface area contributed by atoms with Crippen LogP contribution < -0.4 is 5.32 Å². The molecule has 0 bridgehead atoms. The first kappa shape index (κ1) is 12.8. The van der Waals surface area contributed by atoms with Crippen molar-refractivity contribution in [2.24, 2.45) is 0 Å². The van der Waals surface area contributed by atoms with E-state index in [1.165, 1.54) is 10.5 Å². The maximum atomic E-state index is 6.20. The molecule has 2 heterocycles. The second kappa shape index (κ2) is 5.41. The molecule has 3 rings (SSSR count).